The first-order valence-corrected chi connectivity index (χ1v) is 5.56. The van der Waals surface area contributed by atoms with E-state index in [1.807, 2.05) is 24.3 Å². The van der Waals surface area contributed by atoms with E-state index >= 15 is 0 Å². The van der Waals surface area contributed by atoms with E-state index in [-0.39, 0.29) is 6.54 Å². The zero-order chi connectivity index (χ0) is 12.2. The third-order valence-electron chi connectivity index (χ3n) is 2.41. The van der Waals surface area contributed by atoms with Crippen molar-refractivity contribution in [3.05, 3.63) is 35.4 Å². The molecule has 0 heterocycles. The Morgan fingerprint density at radius 2 is 1.75 bits per heavy atom. The second-order valence-corrected chi connectivity index (χ2v) is 4.57. The fraction of sp³-hybridized carbons (Fsp3) is 0.538. The van der Waals surface area contributed by atoms with Crippen molar-refractivity contribution in [2.24, 2.45) is 0 Å². The molecule has 0 unspecified atom stereocenters. The van der Waals surface area contributed by atoms with E-state index in [0.717, 1.165) is 12.5 Å². The van der Waals surface area contributed by atoms with Crippen LogP contribution in [0.25, 0.3) is 0 Å². The highest BCUT2D eigenvalue weighted by Gasteiger charge is 2.19. The van der Waals surface area contributed by atoms with Crippen LogP contribution in [-0.2, 0) is 6.54 Å². The van der Waals surface area contributed by atoms with Crippen LogP contribution in [0, 0.1) is 0 Å². The highest BCUT2D eigenvalue weighted by atomic mass is 19.3. The van der Waals surface area contributed by atoms with E-state index in [2.05, 4.69) is 19.2 Å². The van der Waals surface area contributed by atoms with Crippen LogP contribution in [-0.4, -0.2) is 12.5 Å². The maximum Gasteiger partial charge on any atom is 0.257 e. The van der Waals surface area contributed by atoms with Crippen molar-refractivity contribution in [3.63, 3.8) is 0 Å². The fourth-order valence-electron chi connectivity index (χ4n) is 1.45. The average Bonchev–Trinajstić information content (AvgIpc) is 2.16. The van der Waals surface area contributed by atoms with Gasteiger partial charge in [-0.2, -0.15) is 0 Å². The number of halogens is 2. The Balaban J connectivity index is 2.44. The minimum absolute atomic E-state index is 0.279. The topological polar surface area (TPSA) is 12.0 Å². The van der Waals surface area contributed by atoms with Crippen LogP contribution in [0.1, 0.15) is 37.8 Å². The van der Waals surface area contributed by atoms with Crippen LogP contribution in [0.2, 0.25) is 0 Å². The van der Waals surface area contributed by atoms with Crippen LogP contribution < -0.4 is 5.32 Å². The Bertz CT molecular complexity index is 312. The number of alkyl halides is 2. The number of hydrogen-bond acceptors (Lipinski definition) is 1. The molecule has 1 N–H and O–H groups in total. The molecule has 90 valence electrons. The van der Waals surface area contributed by atoms with Gasteiger partial charge in [0, 0.05) is 13.5 Å². The molecule has 0 aliphatic rings. The first-order valence-electron chi connectivity index (χ1n) is 5.56. The van der Waals surface area contributed by atoms with Gasteiger partial charge in [-0.05, 0) is 17.0 Å². The molecule has 0 saturated carbocycles. The Morgan fingerprint density at radius 3 is 2.19 bits per heavy atom. The van der Waals surface area contributed by atoms with E-state index in [9.17, 15) is 8.78 Å². The van der Waals surface area contributed by atoms with Crippen molar-refractivity contribution in [2.45, 2.75) is 39.2 Å². The van der Waals surface area contributed by atoms with Gasteiger partial charge < -0.3 is 5.32 Å². The highest BCUT2D eigenvalue weighted by Crippen LogP contribution is 2.15. The fourth-order valence-corrected chi connectivity index (χ4v) is 1.45. The van der Waals surface area contributed by atoms with Crippen molar-refractivity contribution in [2.75, 3.05) is 6.54 Å². The normalized spacial score (nSPS) is 12.1. The predicted octanol–water partition coefficient (Wildman–Crippen LogP) is 3.55. The quantitative estimate of drug-likeness (QED) is 0.811. The smallest absolute Gasteiger partial charge is 0.257 e. The van der Waals surface area contributed by atoms with Gasteiger partial charge in [0.05, 0.1) is 6.54 Å². The lowest BCUT2D eigenvalue weighted by Gasteiger charge is -2.12. The van der Waals surface area contributed by atoms with E-state index in [4.69, 9.17) is 0 Å². The van der Waals surface area contributed by atoms with Gasteiger partial charge in [0.15, 0.2) is 0 Å². The van der Waals surface area contributed by atoms with Crippen LogP contribution in [0.4, 0.5) is 8.78 Å². The molecule has 0 fully saturated rings. The van der Waals surface area contributed by atoms with Gasteiger partial charge in [-0.15, -0.1) is 0 Å². The monoisotopic (exact) mass is 227 g/mol. The minimum atomic E-state index is -2.64. The Morgan fingerprint density at radius 1 is 1.19 bits per heavy atom. The molecular weight excluding hydrogens is 208 g/mol. The molecule has 0 bridgehead atoms. The molecule has 0 amide bonds. The average molecular weight is 227 g/mol. The van der Waals surface area contributed by atoms with Gasteiger partial charge in [0.2, 0.25) is 0 Å². The van der Waals surface area contributed by atoms with E-state index in [1.165, 1.54) is 5.56 Å². The molecule has 1 rings (SSSR count). The molecule has 1 aromatic rings. The summed E-state index contributed by atoms with van der Waals surface area (Å²) >= 11 is 0. The highest BCUT2D eigenvalue weighted by molar-refractivity contribution is 5.24. The van der Waals surface area contributed by atoms with Crippen LogP contribution in [0.3, 0.4) is 0 Å². The molecule has 0 aromatic heterocycles. The Kier molecular flexibility index (Phi) is 4.42. The summed E-state index contributed by atoms with van der Waals surface area (Å²) in [5, 5.41) is 2.74. The number of hydrogen-bond donors (Lipinski definition) is 1. The summed E-state index contributed by atoms with van der Waals surface area (Å²) in [5.41, 5.74) is 2.30. The molecule has 0 aliphatic carbocycles. The van der Waals surface area contributed by atoms with E-state index in [1.54, 1.807) is 0 Å². The second-order valence-electron chi connectivity index (χ2n) is 4.57. The van der Waals surface area contributed by atoms with Crippen molar-refractivity contribution < 1.29 is 8.78 Å². The summed E-state index contributed by atoms with van der Waals surface area (Å²) in [5.74, 6) is -2.14. The van der Waals surface area contributed by atoms with Gasteiger partial charge in [-0.25, -0.2) is 8.78 Å². The van der Waals surface area contributed by atoms with Gasteiger partial charge in [-0.3, -0.25) is 0 Å². The summed E-state index contributed by atoms with van der Waals surface area (Å²) in [6, 6.07) is 8.06. The molecule has 0 aliphatic heterocycles. The lowest BCUT2D eigenvalue weighted by atomic mass is 10.0. The Hall–Kier alpha value is -0.960. The first-order chi connectivity index (χ1) is 7.38. The SMILES string of the molecule is CC(C)c1ccc(CNCC(C)(F)F)cc1. The molecule has 0 atom stereocenters. The third-order valence-corrected chi connectivity index (χ3v) is 2.41. The van der Waals surface area contributed by atoms with Crippen molar-refractivity contribution in [1.29, 1.82) is 0 Å². The van der Waals surface area contributed by atoms with Gasteiger partial charge in [-0.1, -0.05) is 38.1 Å². The summed E-state index contributed by atoms with van der Waals surface area (Å²) in [6.07, 6.45) is 0. The second kappa shape index (κ2) is 5.39. The van der Waals surface area contributed by atoms with E-state index < -0.39 is 5.92 Å². The summed E-state index contributed by atoms with van der Waals surface area (Å²) in [6.45, 7) is 5.39. The molecule has 0 radical (unpaired) electrons. The lowest BCUT2D eigenvalue weighted by Crippen LogP contribution is -2.29. The zero-order valence-electron chi connectivity index (χ0n) is 10.1. The van der Waals surface area contributed by atoms with Gasteiger partial charge >= 0.3 is 0 Å². The van der Waals surface area contributed by atoms with Crippen LogP contribution >= 0.6 is 0 Å². The molecule has 0 saturated heterocycles. The number of benzene rings is 1. The molecule has 1 aromatic carbocycles. The summed E-state index contributed by atoms with van der Waals surface area (Å²) < 4.78 is 25.1. The van der Waals surface area contributed by atoms with E-state index in [0.29, 0.717) is 12.5 Å². The maximum absolute atomic E-state index is 12.5. The lowest BCUT2D eigenvalue weighted by molar-refractivity contribution is 0.0224. The molecule has 0 spiro atoms. The first kappa shape index (κ1) is 13.1. The van der Waals surface area contributed by atoms with Crippen molar-refractivity contribution >= 4 is 0 Å². The minimum Gasteiger partial charge on any atom is -0.307 e. The van der Waals surface area contributed by atoms with Crippen LogP contribution in [0.5, 0.6) is 0 Å². The van der Waals surface area contributed by atoms with Crippen molar-refractivity contribution in [3.8, 4) is 0 Å². The number of rotatable bonds is 5. The molecule has 1 nitrogen and oxygen atoms in total. The van der Waals surface area contributed by atoms with Gasteiger partial charge in [0.1, 0.15) is 0 Å². The standard InChI is InChI=1S/C13H19F2N/c1-10(2)12-6-4-11(5-7-12)8-16-9-13(3,14)15/h4-7,10,16H,8-9H2,1-3H3. The zero-order valence-corrected chi connectivity index (χ0v) is 10.1. The van der Waals surface area contributed by atoms with Crippen LogP contribution in [0.15, 0.2) is 24.3 Å². The molecule has 16 heavy (non-hydrogen) atoms. The predicted molar refractivity (Wildman–Crippen MR) is 62.9 cm³/mol. The largest absolute Gasteiger partial charge is 0.307 e. The third kappa shape index (κ3) is 4.71. The summed E-state index contributed by atoms with van der Waals surface area (Å²) in [7, 11) is 0. The summed E-state index contributed by atoms with van der Waals surface area (Å²) in [4.78, 5) is 0. The Labute approximate surface area is 95.9 Å². The van der Waals surface area contributed by atoms with Crippen molar-refractivity contribution in [1.82, 2.24) is 5.32 Å². The van der Waals surface area contributed by atoms with Gasteiger partial charge in [0.25, 0.3) is 5.92 Å². The maximum atomic E-state index is 12.5. The molecular formula is C13H19F2N. The molecule has 3 heteroatoms. The number of nitrogens with one attached hydrogen (secondary N) is 1.